The molecule has 0 radical (unpaired) electrons. The molecule has 0 saturated carbocycles. The SMILES string of the molecule is Cc1cc2ccc3c(c2c(-c2ccc([N+](=O)[O-])cc2)[n+]1N)OCO3. The molecule has 0 bridgehead atoms. The van der Waals surface area contributed by atoms with Crippen molar-refractivity contribution in [1.29, 1.82) is 0 Å². The number of nitrogen functional groups attached to an aromatic ring is 1. The number of rotatable bonds is 2. The molecule has 0 fully saturated rings. The maximum absolute atomic E-state index is 10.9. The second kappa shape index (κ2) is 5.09. The first kappa shape index (κ1) is 14.3. The third kappa shape index (κ3) is 2.02. The van der Waals surface area contributed by atoms with Gasteiger partial charge in [0.25, 0.3) is 11.4 Å². The van der Waals surface area contributed by atoms with Gasteiger partial charge in [0.2, 0.25) is 12.5 Å². The first-order valence-electron chi connectivity index (χ1n) is 7.34. The highest BCUT2D eigenvalue weighted by Gasteiger charge is 2.27. The third-order valence-electron chi connectivity index (χ3n) is 4.15. The van der Waals surface area contributed by atoms with Crippen LogP contribution >= 0.6 is 0 Å². The van der Waals surface area contributed by atoms with Crippen LogP contribution in [0.15, 0.2) is 42.5 Å². The van der Waals surface area contributed by atoms with Crippen LogP contribution < -0.4 is 20.0 Å². The van der Waals surface area contributed by atoms with Gasteiger partial charge in [-0.25, -0.2) is 5.84 Å². The van der Waals surface area contributed by atoms with Gasteiger partial charge < -0.3 is 9.47 Å². The number of benzene rings is 2. The van der Waals surface area contributed by atoms with E-state index >= 15 is 0 Å². The molecule has 2 aromatic carbocycles. The lowest BCUT2D eigenvalue weighted by Gasteiger charge is -2.08. The highest BCUT2D eigenvalue weighted by molar-refractivity contribution is 6.00. The van der Waals surface area contributed by atoms with Crippen molar-refractivity contribution in [2.75, 3.05) is 12.6 Å². The summed E-state index contributed by atoms with van der Waals surface area (Å²) in [5.74, 6) is 7.56. The predicted octanol–water partition coefficient (Wildman–Crippen LogP) is 2.45. The molecule has 24 heavy (non-hydrogen) atoms. The zero-order valence-electron chi connectivity index (χ0n) is 12.9. The second-order valence-electron chi connectivity index (χ2n) is 5.57. The monoisotopic (exact) mass is 324 g/mol. The summed E-state index contributed by atoms with van der Waals surface area (Å²) in [6.45, 7) is 2.06. The molecule has 7 heteroatoms. The van der Waals surface area contributed by atoms with E-state index in [1.807, 2.05) is 25.1 Å². The number of ether oxygens (including phenoxy) is 2. The predicted molar refractivity (Wildman–Crippen MR) is 87.2 cm³/mol. The van der Waals surface area contributed by atoms with Crippen LogP contribution in [0.3, 0.4) is 0 Å². The molecule has 0 aliphatic carbocycles. The topological polar surface area (TPSA) is 91.5 Å². The van der Waals surface area contributed by atoms with Crippen molar-refractivity contribution in [3.05, 3.63) is 58.3 Å². The molecule has 1 aliphatic heterocycles. The quantitative estimate of drug-likeness (QED) is 0.338. The summed E-state index contributed by atoms with van der Waals surface area (Å²) in [7, 11) is 0. The number of nitro groups is 1. The van der Waals surface area contributed by atoms with Crippen molar-refractivity contribution in [3.63, 3.8) is 0 Å². The van der Waals surface area contributed by atoms with Crippen LogP contribution in [0.5, 0.6) is 11.5 Å². The maximum Gasteiger partial charge on any atom is 0.269 e. The van der Waals surface area contributed by atoms with Gasteiger partial charge in [0, 0.05) is 25.1 Å². The Kier molecular flexibility index (Phi) is 3.02. The zero-order valence-corrected chi connectivity index (χ0v) is 12.9. The molecule has 4 rings (SSSR count). The fraction of sp³-hybridized carbons (Fsp3) is 0.118. The standard InChI is InChI=1S/C17H14N3O4/c1-10-8-12-4-7-14-17(24-9-23-14)15(12)16(19(10)18)11-2-5-13(6-3-11)20(21)22/h2-8H,9,18H2,1H3/q+1. The zero-order chi connectivity index (χ0) is 16.8. The summed E-state index contributed by atoms with van der Waals surface area (Å²) in [6, 6.07) is 12.1. The number of hydrogen-bond donors (Lipinski definition) is 1. The van der Waals surface area contributed by atoms with Crippen molar-refractivity contribution in [3.8, 4) is 22.8 Å². The summed E-state index contributed by atoms with van der Waals surface area (Å²) in [5, 5.41) is 12.7. The third-order valence-corrected chi connectivity index (χ3v) is 4.15. The van der Waals surface area contributed by atoms with Gasteiger partial charge in [0.05, 0.1) is 10.5 Å². The summed E-state index contributed by atoms with van der Waals surface area (Å²) >= 11 is 0. The second-order valence-corrected chi connectivity index (χ2v) is 5.57. The number of nitro benzene ring substituents is 1. The van der Waals surface area contributed by atoms with Crippen LogP contribution in [-0.2, 0) is 0 Å². The highest BCUT2D eigenvalue weighted by Crippen LogP contribution is 2.42. The first-order valence-corrected chi connectivity index (χ1v) is 7.34. The molecule has 1 aliphatic rings. The first-order chi connectivity index (χ1) is 11.6. The van der Waals surface area contributed by atoms with Gasteiger partial charge in [-0.2, -0.15) is 0 Å². The number of aromatic nitrogens is 1. The van der Waals surface area contributed by atoms with Crippen LogP contribution in [-0.4, -0.2) is 11.7 Å². The van der Waals surface area contributed by atoms with E-state index in [9.17, 15) is 10.1 Å². The molecule has 0 saturated heterocycles. The minimum Gasteiger partial charge on any atom is -0.454 e. The molecular formula is C17H14N3O4+. The van der Waals surface area contributed by atoms with Gasteiger partial charge in [-0.3, -0.25) is 10.1 Å². The van der Waals surface area contributed by atoms with Crippen molar-refractivity contribution < 1.29 is 19.1 Å². The Morgan fingerprint density at radius 2 is 1.92 bits per heavy atom. The maximum atomic E-state index is 10.9. The summed E-state index contributed by atoms with van der Waals surface area (Å²) in [6.07, 6.45) is 0. The largest absolute Gasteiger partial charge is 0.454 e. The van der Waals surface area contributed by atoms with Crippen LogP contribution in [0.4, 0.5) is 5.69 Å². The van der Waals surface area contributed by atoms with E-state index in [0.717, 1.165) is 27.7 Å². The van der Waals surface area contributed by atoms with Gasteiger partial charge in [-0.15, -0.1) is 0 Å². The Morgan fingerprint density at radius 3 is 2.62 bits per heavy atom. The Morgan fingerprint density at radius 1 is 1.17 bits per heavy atom. The molecule has 7 nitrogen and oxygen atoms in total. The van der Waals surface area contributed by atoms with Crippen LogP contribution in [0.25, 0.3) is 22.0 Å². The van der Waals surface area contributed by atoms with Crippen molar-refractivity contribution >= 4 is 16.5 Å². The minimum atomic E-state index is -0.427. The Balaban J connectivity index is 2.04. The van der Waals surface area contributed by atoms with E-state index in [1.54, 1.807) is 16.8 Å². The van der Waals surface area contributed by atoms with E-state index in [1.165, 1.54) is 12.1 Å². The van der Waals surface area contributed by atoms with Crippen molar-refractivity contribution in [2.45, 2.75) is 6.92 Å². The molecule has 0 amide bonds. The Labute approximate surface area is 137 Å². The molecule has 2 heterocycles. The van der Waals surface area contributed by atoms with Crippen LogP contribution in [0.1, 0.15) is 5.69 Å². The number of nitrogens with two attached hydrogens (primary N) is 1. The Bertz CT molecular complexity index is 984. The molecule has 0 unspecified atom stereocenters. The smallest absolute Gasteiger partial charge is 0.269 e. The van der Waals surface area contributed by atoms with E-state index in [4.69, 9.17) is 15.3 Å². The molecule has 2 N–H and O–H groups in total. The van der Waals surface area contributed by atoms with E-state index in [-0.39, 0.29) is 12.5 Å². The highest BCUT2D eigenvalue weighted by atomic mass is 16.7. The molecule has 120 valence electrons. The number of hydrogen-bond acceptors (Lipinski definition) is 5. The lowest BCUT2D eigenvalue weighted by Crippen LogP contribution is -2.49. The molecule has 3 aromatic rings. The van der Waals surface area contributed by atoms with Gasteiger partial charge >= 0.3 is 0 Å². The molecule has 0 atom stereocenters. The van der Waals surface area contributed by atoms with Gasteiger partial charge in [0.1, 0.15) is 5.39 Å². The normalized spacial score (nSPS) is 12.5. The van der Waals surface area contributed by atoms with Crippen molar-refractivity contribution in [2.24, 2.45) is 0 Å². The van der Waals surface area contributed by atoms with E-state index < -0.39 is 4.92 Å². The average molecular weight is 324 g/mol. The minimum absolute atomic E-state index is 0.0316. The Hall–Kier alpha value is -3.35. The average Bonchev–Trinajstić information content (AvgIpc) is 3.05. The van der Waals surface area contributed by atoms with E-state index in [2.05, 4.69) is 0 Å². The van der Waals surface area contributed by atoms with Crippen molar-refractivity contribution in [1.82, 2.24) is 0 Å². The van der Waals surface area contributed by atoms with Gasteiger partial charge in [-0.1, -0.05) is 4.68 Å². The number of non-ortho nitro benzene ring substituents is 1. The number of pyridine rings is 1. The molecular weight excluding hydrogens is 310 g/mol. The molecule has 0 spiro atoms. The van der Waals surface area contributed by atoms with Gasteiger partial charge in [-0.05, 0) is 29.7 Å². The fourth-order valence-electron chi connectivity index (χ4n) is 2.97. The number of nitrogens with zero attached hydrogens (tertiary/aromatic N) is 2. The summed E-state index contributed by atoms with van der Waals surface area (Å²) < 4.78 is 12.6. The fourth-order valence-corrected chi connectivity index (χ4v) is 2.97. The number of aryl methyl sites for hydroxylation is 1. The summed E-state index contributed by atoms with van der Waals surface area (Å²) in [5.41, 5.74) is 2.38. The van der Waals surface area contributed by atoms with Crippen LogP contribution in [0.2, 0.25) is 0 Å². The summed E-state index contributed by atoms with van der Waals surface area (Å²) in [4.78, 5) is 10.4. The van der Waals surface area contributed by atoms with Gasteiger partial charge in [0.15, 0.2) is 11.5 Å². The lowest BCUT2D eigenvalue weighted by molar-refractivity contribution is -0.632. The van der Waals surface area contributed by atoms with E-state index in [0.29, 0.717) is 11.5 Å². The lowest BCUT2D eigenvalue weighted by atomic mass is 10.0. The molecule has 1 aromatic heterocycles. The van der Waals surface area contributed by atoms with Crippen LogP contribution in [0, 0.1) is 17.0 Å². The number of fused-ring (bicyclic) bond motifs is 3.